The number of aromatic nitrogens is 4. The average molecular weight is 731 g/mol. The molecule has 0 bridgehead atoms. The second-order valence-corrected chi connectivity index (χ2v) is 13.4. The number of ether oxygens (including phenoxy) is 1. The van der Waals surface area contributed by atoms with E-state index in [4.69, 9.17) is 11.2 Å². The van der Waals surface area contributed by atoms with E-state index in [1.165, 1.54) is 37.2 Å². The lowest BCUT2D eigenvalue weighted by Crippen LogP contribution is -2.55. The van der Waals surface area contributed by atoms with E-state index in [0.29, 0.717) is 46.0 Å². The lowest BCUT2D eigenvalue weighted by molar-refractivity contribution is -0.131. The minimum Gasteiger partial charge on any atom is -0.467 e. The van der Waals surface area contributed by atoms with Crippen molar-refractivity contribution in [1.82, 2.24) is 29.7 Å². The molecule has 3 unspecified atom stereocenters. The van der Waals surface area contributed by atoms with Gasteiger partial charge < -0.3 is 14.5 Å². The maximum atomic E-state index is 16.4. The number of amides is 1. The molecule has 0 spiro atoms. The predicted octanol–water partition coefficient (Wildman–Crippen LogP) is 6.50. The third-order valence-electron chi connectivity index (χ3n) is 10.1. The number of methoxy groups -OCH3 is 1. The summed E-state index contributed by atoms with van der Waals surface area (Å²) < 4.78 is 49.3. The number of carbonyl (C=O) groups is 1. The fourth-order valence-electron chi connectivity index (χ4n) is 7.61. The standard InChI is InChI=1S/C34H25F2N7O2.C7H12FN/c1-3-21-8-6-9-22-10-7-12-25(28(21)22)30-29(36)31-26(19-39-30)32(41-34(40-31)45-2)42-16-17-43(24(20-42)13-14-37)33(44)27(35)18-23-11-4-5-15-38-23;8-6-4-7-2-1-3-9(7)5-6/h1,4-12,15,18-19,24H,13,16-17,20H2,2H3;6-7H,1-5H2/b27-18-;. The number of alkyl halides is 1. The highest BCUT2D eigenvalue weighted by Crippen LogP contribution is 2.36. The molecule has 274 valence electrons. The van der Waals surface area contributed by atoms with Gasteiger partial charge in [0.1, 0.15) is 23.2 Å². The molecule has 3 aromatic heterocycles. The van der Waals surface area contributed by atoms with Crippen molar-refractivity contribution in [1.29, 1.82) is 5.26 Å². The van der Waals surface area contributed by atoms with Crippen LogP contribution in [0.2, 0.25) is 0 Å². The second-order valence-electron chi connectivity index (χ2n) is 13.4. The number of hydrogen-bond acceptors (Lipinski definition) is 9. The van der Waals surface area contributed by atoms with Crippen molar-refractivity contribution in [2.75, 3.05) is 44.7 Å². The van der Waals surface area contributed by atoms with Crippen molar-refractivity contribution in [3.05, 3.63) is 89.9 Å². The number of nitrogens with zero attached hydrogens (tertiary/aromatic N) is 8. The number of piperazine rings is 1. The Morgan fingerprint density at radius 2 is 1.91 bits per heavy atom. The van der Waals surface area contributed by atoms with Gasteiger partial charge in [-0.15, -0.1) is 6.42 Å². The van der Waals surface area contributed by atoms with Crippen molar-refractivity contribution in [2.45, 2.75) is 43.9 Å². The number of terminal acetylenes is 1. The Morgan fingerprint density at radius 3 is 2.65 bits per heavy atom. The first-order valence-electron chi connectivity index (χ1n) is 17.8. The van der Waals surface area contributed by atoms with Crippen LogP contribution < -0.4 is 9.64 Å². The maximum absolute atomic E-state index is 16.4. The van der Waals surface area contributed by atoms with Crippen LogP contribution in [0.5, 0.6) is 6.01 Å². The van der Waals surface area contributed by atoms with Gasteiger partial charge in [0.15, 0.2) is 11.6 Å². The van der Waals surface area contributed by atoms with E-state index in [0.717, 1.165) is 24.4 Å². The Morgan fingerprint density at radius 1 is 1.07 bits per heavy atom. The Hall–Kier alpha value is -6.05. The molecule has 3 fully saturated rings. The van der Waals surface area contributed by atoms with E-state index in [2.05, 4.69) is 36.8 Å². The highest BCUT2D eigenvalue weighted by atomic mass is 19.1. The zero-order valence-electron chi connectivity index (χ0n) is 29.6. The third-order valence-corrected chi connectivity index (χ3v) is 10.1. The number of benzene rings is 2. The molecule has 1 amide bonds. The van der Waals surface area contributed by atoms with Gasteiger partial charge in [0.05, 0.1) is 36.7 Å². The van der Waals surface area contributed by atoms with Gasteiger partial charge in [0, 0.05) is 67.2 Å². The molecule has 0 aliphatic carbocycles. The summed E-state index contributed by atoms with van der Waals surface area (Å²) in [6.45, 7) is 2.29. The van der Waals surface area contributed by atoms with Crippen LogP contribution in [-0.4, -0.2) is 93.7 Å². The molecule has 8 rings (SSSR count). The van der Waals surface area contributed by atoms with Gasteiger partial charge in [-0.3, -0.25) is 19.7 Å². The van der Waals surface area contributed by atoms with Crippen molar-refractivity contribution in [3.8, 4) is 35.7 Å². The number of pyridine rings is 2. The summed E-state index contributed by atoms with van der Waals surface area (Å²) in [6, 6.07) is 17.9. The lowest BCUT2D eigenvalue weighted by Gasteiger charge is -2.41. The van der Waals surface area contributed by atoms with Crippen molar-refractivity contribution < 1.29 is 22.7 Å². The fourth-order valence-corrected chi connectivity index (χ4v) is 7.61. The summed E-state index contributed by atoms with van der Waals surface area (Å²) in [4.78, 5) is 35.9. The molecule has 13 heteroatoms. The van der Waals surface area contributed by atoms with Gasteiger partial charge in [-0.2, -0.15) is 15.2 Å². The van der Waals surface area contributed by atoms with E-state index >= 15 is 8.78 Å². The van der Waals surface area contributed by atoms with Gasteiger partial charge in [-0.25, -0.2) is 13.2 Å². The molecule has 6 heterocycles. The summed E-state index contributed by atoms with van der Waals surface area (Å²) in [7, 11) is 1.38. The Balaban J connectivity index is 0.000000433. The van der Waals surface area contributed by atoms with Crippen LogP contribution in [0.1, 0.15) is 36.9 Å². The molecule has 54 heavy (non-hydrogen) atoms. The number of nitriles is 1. The van der Waals surface area contributed by atoms with Gasteiger partial charge in [0.2, 0.25) is 0 Å². The van der Waals surface area contributed by atoms with Crippen molar-refractivity contribution in [3.63, 3.8) is 0 Å². The smallest absolute Gasteiger partial charge is 0.318 e. The summed E-state index contributed by atoms with van der Waals surface area (Å²) >= 11 is 0. The zero-order chi connectivity index (χ0) is 37.8. The average Bonchev–Trinajstić information content (AvgIpc) is 3.79. The number of rotatable bonds is 6. The molecular formula is C41H37F3N8O2. The van der Waals surface area contributed by atoms with Crippen LogP contribution in [0.3, 0.4) is 0 Å². The van der Waals surface area contributed by atoms with Crippen LogP contribution in [0.4, 0.5) is 19.0 Å². The maximum Gasteiger partial charge on any atom is 0.318 e. The van der Waals surface area contributed by atoms with Crippen molar-refractivity contribution >= 4 is 39.5 Å². The van der Waals surface area contributed by atoms with Crippen LogP contribution in [0.15, 0.2) is 72.8 Å². The summed E-state index contributed by atoms with van der Waals surface area (Å²) in [5.41, 5.74) is 1.47. The first kappa shape index (κ1) is 36.3. The monoisotopic (exact) mass is 730 g/mol. The van der Waals surface area contributed by atoms with Gasteiger partial charge in [-0.1, -0.05) is 42.3 Å². The Bertz CT molecular complexity index is 2290. The molecule has 10 nitrogen and oxygen atoms in total. The van der Waals surface area contributed by atoms with Gasteiger partial charge >= 0.3 is 6.01 Å². The highest BCUT2D eigenvalue weighted by Gasteiger charge is 2.35. The quantitative estimate of drug-likeness (QED) is 0.143. The van der Waals surface area contributed by atoms with Gasteiger partial charge in [0.25, 0.3) is 5.91 Å². The minimum atomic E-state index is -0.987. The number of halogens is 3. The van der Waals surface area contributed by atoms with E-state index in [9.17, 15) is 14.4 Å². The highest BCUT2D eigenvalue weighted by molar-refractivity contribution is 6.02. The predicted molar refractivity (Wildman–Crippen MR) is 200 cm³/mol. The molecule has 3 saturated heterocycles. The first-order chi connectivity index (χ1) is 26.3. The van der Waals surface area contributed by atoms with E-state index in [1.807, 2.05) is 18.2 Å². The fraction of sp³-hybridized carbons (Fsp3) is 0.317. The first-order valence-corrected chi connectivity index (χ1v) is 17.8. The molecule has 3 atom stereocenters. The normalized spacial score (nSPS) is 19.9. The summed E-state index contributed by atoms with van der Waals surface area (Å²) in [5.74, 6) is 0.473. The topological polar surface area (TPSA) is 111 Å². The molecule has 5 aromatic rings. The SMILES string of the molecule is C#Cc1cccc2cccc(-c3ncc4c(N5CCN(C(=O)/C(F)=C/c6ccccn6)C(CC#N)C5)nc(OC)nc4c3F)c12.FC1CC2CCCN2C1. The Kier molecular flexibility index (Phi) is 10.7. The van der Waals surface area contributed by atoms with Crippen LogP contribution >= 0.6 is 0 Å². The number of hydrogen-bond donors (Lipinski definition) is 0. The second kappa shape index (κ2) is 15.9. The molecule has 0 N–H and O–H groups in total. The molecule has 0 saturated carbocycles. The van der Waals surface area contributed by atoms with Gasteiger partial charge in [-0.05, 0) is 49.4 Å². The Labute approximate surface area is 310 Å². The van der Waals surface area contributed by atoms with Crippen LogP contribution in [-0.2, 0) is 4.79 Å². The molecule has 3 aliphatic rings. The van der Waals surface area contributed by atoms with E-state index in [-0.39, 0.29) is 43.3 Å². The summed E-state index contributed by atoms with van der Waals surface area (Å²) in [5, 5.41) is 11.4. The van der Waals surface area contributed by atoms with Crippen molar-refractivity contribution in [2.24, 2.45) is 0 Å². The van der Waals surface area contributed by atoms with E-state index < -0.39 is 29.8 Å². The number of fused-ring (bicyclic) bond motifs is 3. The van der Waals surface area contributed by atoms with Crippen LogP contribution in [0.25, 0.3) is 39.0 Å². The van der Waals surface area contributed by atoms with Crippen LogP contribution in [0, 0.1) is 29.5 Å². The lowest BCUT2D eigenvalue weighted by atomic mass is 9.97. The number of anilines is 1. The summed E-state index contributed by atoms with van der Waals surface area (Å²) in [6.07, 6.45) is 12.6. The molecule has 3 aliphatic heterocycles. The molecule has 0 radical (unpaired) electrons. The largest absolute Gasteiger partial charge is 0.467 e. The minimum absolute atomic E-state index is 0.0169. The number of carbonyl (C=O) groups excluding carboxylic acids is 1. The third kappa shape index (κ3) is 7.28. The van der Waals surface area contributed by atoms with E-state index in [1.54, 1.807) is 41.3 Å². The molecule has 2 aromatic carbocycles. The zero-order valence-corrected chi connectivity index (χ0v) is 29.6. The molecular weight excluding hydrogens is 693 g/mol.